The summed E-state index contributed by atoms with van der Waals surface area (Å²) in [6.45, 7) is 10.2. The molecule has 1 atom stereocenters. The zero-order valence-electron chi connectivity index (χ0n) is 26.6. The Morgan fingerprint density at radius 3 is 2.41 bits per heavy atom. The average Bonchev–Trinajstić information content (AvgIpc) is 3.42. The first kappa shape index (κ1) is 33.0. The van der Waals surface area contributed by atoms with Gasteiger partial charge in [-0.3, -0.25) is 14.4 Å². The SMILES string of the molecule is COCC(O)n1cnc2c1-c1ccccc1CN(C(=O)CCC(=O)NCCC(C)(C)OCC(C)(C)C(C)=O)c1ccccc1-2. The summed E-state index contributed by atoms with van der Waals surface area (Å²) >= 11 is 0. The second-order valence-corrected chi connectivity index (χ2v) is 12.5. The molecule has 44 heavy (non-hydrogen) atoms. The summed E-state index contributed by atoms with van der Waals surface area (Å²) in [4.78, 5) is 44.7. The first-order valence-corrected chi connectivity index (χ1v) is 15.0. The number of amides is 2. The van der Waals surface area contributed by atoms with Crippen LogP contribution in [0.5, 0.6) is 0 Å². The second kappa shape index (κ2) is 13.8. The lowest BCUT2D eigenvalue weighted by molar-refractivity contribution is -0.132. The highest BCUT2D eigenvalue weighted by atomic mass is 16.5. The molecule has 0 saturated carbocycles. The molecule has 10 nitrogen and oxygen atoms in total. The van der Waals surface area contributed by atoms with Crippen LogP contribution in [-0.2, 0) is 30.4 Å². The van der Waals surface area contributed by atoms with Gasteiger partial charge >= 0.3 is 0 Å². The minimum Gasteiger partial charge on any atom is -0.380 e. The van der Waals surface area contributed by atoms with E-state index in [1.165, 1.54) is 7.11 Å². The van der Waals surface area contributed by atoms with Gasteiger partial charge < -0.3 is 29.4 Å². The van der Waals surface area contributed by atoms with Gasteiger partial charge in [0.1, 0.15) is 5.78 Å². The van der Waals surface area contributed by atoms with Crippen molar-refractivity contribution in [1.82, 2.24) is 14.9 Å². The first-order chi connectivity index (χ1) is 20.8. The van der Waals surface area contributed by atoms with Gasteiger partial charge in [-0.05, 0) is 38.8 Å². The average molecular weight is 605 g/mol. The maximum Gasteiger partial charge on any atom is 0.227 e. The van der Waals surface area contributed by atoms with Crippen LogP contribution in [0.4, 0.5) is 5.69 Å². The summed E-state index contributed by atoms with van der Waals surface area (Å²) in [5, 5.41) is 13.7. The number of benzene rings is 2. The lowest BCUT2D eigenvalue weighted by Gasteiger charge is -2.30. The van der Waals surface area contributed by atoms with Crippen LogP contribution in [-0.4, -0.2) is 64.7 Å². The normalized spacial score (nSPS) is 13.7. The van der Waals surface area contributed by atoms with Crippen LogP contribution >= 0.6 is 0 Å². The molecule has 2 N–H and O–H groups in total. The highest BCUT2D eigenvalue weighted by Crippen LogP contribution is 2.42. The molecule has 0 spiro atoms. The number of ether oxygens (including phenoxy) is 2. The Kier molecular flexibility index (Phi) is 10.4. The lowest BCUT2D eigenvalue weighted by atomic mass is 9.90. The number of imidazole rings is 1. The number of nitrogens with one attached hydrogen (secondary N) is 1. The van der Waals surface area contributed by atoms with E-state index >= 15 is 0 Å². The molecule has 0 radical (unpaired) electrons. The van der Waals surface area contributed by atoms with Gasteiger partial charge in [0.05, 0.1) is 48.8 Å². The van der Waals surface area contributed by atoms with E-state index in [0.29, 0.717) is 37.5 Å². The van der Waals surface area contributed by atoms with E-state index in [1.54, 1.807) is 22.7 Å². The van der Waals surface area contributed by atoms with Crippen LogP contribution in [0.3, 0.4) is 0 Å². The molecule has 3 aromatic rings. The van der Waals surface area contributed by atoms with Gasteiger partial charge in [0.15, 0.2) is 6.23 Å². The topological polar surface area (TPSA) is 123 Å². The number of rotatable bonds is 13. The Morgan fingerprint density at radius 1 is 1.02 bits per heavy atom. The molecule has 2 amide bonds. The molecule has 4 rings (SSSR count). The Balaban J connectivity index is 1.47. The molecule has 2 aromatic carbocycles. The van der Waals surface area contributed by atoms with E-state index in [2.05, 4.69) is 10.3 Å². The van der Waals surface area contributed by atoms with E-state index in [1.807, 2.05) is 76.2 Å². The molecule has 1 aromatic heterocycles. The molecule has 0 bridgehead atoms. The number of methoxy groups -OCH3 is 1. The Bertz CT molecular complexity index is 1490. The van der Waals surface area contributed by atoms with Crippen molar-refractivity contribution in [2.24, 2.45) is 5.41 Å². The molecule has 0 saturated heterocycles. The molecule has 10 heteroatoms. The lowest BCUT2D eigenvalue weighted by Crippen LogP contribution is -2.37. The summed E-state index contributed by atoms with van der Waals surface area (Å²) in [5.74, 6) is -0.333. The zero-order chi connectivity index (χ0) is 32.1. The fourth-order valence-electron chi connectivity index (χ4n) is 5.05. The fourth-order valence-corrected chi connectivity index (χ4v) is 5.05. The number of carbonyl (C=O) groups is 3. The van der Waals surface area contributed by atoms with Crippen molar-refractivity contribution in [3.8, 4) is 22.5 Å². The number of aromatic nitrogens is 2. The molecule has 0 aliphatic carbocycles. The molecule has 1 unspecified atom stereocenters. The van der Waals surface area contributed by atoms with Crippen LogP contribution in [0, 0.1) is 5.41 Å². The third kappa shape index (κ3) is 7.61. The van der Waals surface area contributed by atoms with Crippen molar-refractivity contribution in [3.05, 3.63) is 60.4 Å². The van der Waals surface area contributed by atoms with E-state index in [0.717, 1.165) is 22.4 Å². The van der Waals surface area contributed by atoms with Crippen LogP contribution < -0.4 is 10.2 Å². The van der Waals surface area contributed by atoms with Gasteiger partial charge in [0.25, 0.3) is 0 Å². The third-order valence-electron chi connectivity index (χ3n) is 8.17. The van der Waals surface area contributed by atoms with Crippen LogP contribution in [0.25, 0.3) is 22.5 Å². The summed E-state index contributed by atoms with van der Waals surface area (Å²) in [6, 6.07) is 15.3. The molecule has 236 valence electrons. The molecular weight excluding hydrogens is 560 g/mol. The second-order valence-electron chi connectivity index (χ2n) is 12.5. The van der Waals surface area contributed by atoms with E-state index < -0.39 is 17.2 Å². The van der Waals surface area contributed by atoms with Crippen molar-refractivity contribution < 1.29 is 29.0 Å². The maximum atomic E-state index is 13.7. The first-order valence-electron chi connectivity index (χ1n) is 15.0. The quantitative estimate of drug-likeness (QED) is 0.285. The Hall–Kier alpha value is -3.86. The molecule has 1 aliphatic heterocycles. The standard InChI is InChI=1S/C34H44N4O6/c1-23(39)33(2,3)21-44-34(4,5)17-18-35-28(40)15-16-29(41)37-19-24-11-7-8-12-25(24)32-31(26-13-9-10-14-27(26)37)36-22-38(32)30(42)20-43-6/h7-14,22,30,42H,15-21H2,1-6H3,(H,35,40). The predicted molar refractivity (Wildman–Crippen MR) is 169 cm³/mol. The van der Waals surface area contributed by atoms with Crippen LogP contribution in [0.2, 0.25) is 0 Å². The highest BCUT2D eigenvalue weighted by molar-refractivity contribution is 6.01. The van der Waals surface area contributed by atoms with Crippen LogP contribution in [0.1, 0.15) is 65.7 Å². The maximum absolute atomic E-state index is 13.7. The number of fused-ring (bicyclic) bond motifs is 5. The number of Topliss-reactive ketones (excluding diaryl/α,β-unsaturated/α-hetero) is 1. The zero-order valence-corrected chi connectivity index (χ0v) is 26.6. The number of hydrogen-bond acceptors (Lipinski definition) is 7. The monoisotopic (exact) mass is 604 g/mol. The fraction of sp³-hybridized carbons (Fsp3) is 0.471. The number of aliphatic hydroxyl groups is 1. The summed E-state index contributed by atoms with van der Waals surface area (Å²) < 4.78 is 12.9. The summed E-state index contributed by atoms with van der Waals surface area (Å²) in [7, 11) is 1.53. The molecular formula is C34H44N4O6. The van der Waals surface area contributed by atoms with Crippen LogP contribution in [0.15, 0.2) is 54.9 Å². The molecule has 2 heterocycles. The van der Waals surface area contributed by atoms with E-state index in [-0.39, 0.29) is 37.0 Å². The summed E-state index contributed by atoms with van der Waals surface area (Å²) in [5.41, 5.74) is 3.50. The Morgan fingerprint density at radius 2 is 1.70 bits per heavy atom. The smallest absolute Gasteiger partial charge is 0.227 e. The summed E-state index contributed by atoms with van der Waals surface area (Å²) in [6.07, 6.45) is 1.30. The van der Waals surface area contributed by atoms with Crippen molar-refractivity contribution in [1.29, 1.82) is 0 Å². The van der Waals surface area contributed by atoms with E-state index in [9.17, 15) is 19.5 Å². The number of carbonyl (C=O) groups excluding carboxylic acids is 3. The van der Waals surface area contributed by atoms with E-state index in [4.69, 9.17) is 9.47 Å². The number of para-hydroxylation sites is 1. The van der Waals surface area contributed by atoms with Gasteiger partial charge in [-0.1, -0.05) is 56.3 Å². The number of aliphatic hydroxyl groups excluding tert-OH is 1. The van der Waals surface area contributed by atoms with Crippen molar-refractivity contribution in [3.63, 3.8) is 0 Å². The highest BCUT2D eigenvalue weighted by Gasteiger charge is 2.30. The number of anilines is 1. The van der Waals surface area contributed by atoms with Gasteiger partial charge in [-0.15, -0.1) is 0 Å². The largest absolute Gasteiger partial charge is 0.380 e. The van der Waals surface area contributed by atoms with Crippen molar-refractivity contribution >= 4 is 23.3 Å². The minimum atomic E-state index is -0.934. The van der Waals surface area contributed by atoms with Crippen molar-refractivity contribution in [2.45, 2.75) is 72.3 Å². The van der Waals surface area contributed by atoms with Gasteiger partial charge in [-0.25, -0.2) is 4.98 Å². The molecule has 0 fully saturated rings. The minimum absolute atomic E-state index is 0.0306. The number of ketones is 1. The number of nitrogens with zero attached hydrogens (tertiary/aromatic N) is 3. The predicted octanol–water partition coefficient (Wildman–Crippen LogP) is 4.90. The van der Waals surface area contributed by atoms with Gasteiger partial charge in [-0.2, -0.15) is 0 Å². The number of hydrogen-bond donors (Lipinski definition) is 2. The van der Waals surface area contributed by atoms with Crippen molar-refractivity contribution in [2.75, 3.05) is 31.8 Å². The van der Waals surface area contributed by atoms with Gasteiger partial charge in [0.2, 0.25) is 11.8 Å². The molecule has 1 aliphatic rings. The van der Waals surface area contributed by atoms with Gasteiger partial charge in [0, 0.05) is 43.0 Å². The third-order valence-corrected chi connectivity index (χ3v) is 8.17. The Labute approximate surface area is 259 Å².